The first-order valence-electron chi connectivity index (χ1n) is 5.32. The number of hydrogen-bond donors (Lipinski definition) is 3. The lowest BCUT2D eigenvalue weighted by Crippen LogP contribution is -2.10. The Kier molecular flexibility index (Phi) is 3.70. The second kappa shape index (κ2) is 5.29. The number of anilines is 3. The van der Waals surface area contributed by atoms with Gasteiger partial charge in [0.1, 0.15) is 5.82 Å². The van der Waals surface area contributed by atoms with Gasteiger partial charge in [0.15, 0.2) is 11.6 Å². The molecule has 9 heteroatoms. The highest BCUT2D eigenvalue weighted by Gasteiger charge is 2.34. The van der Waals surface area contributed by atoms with E-state index in [0.717, 1.165) is 12.1 Å². The van der Waals surface area contributed by atoms with Crippen molar-refractivity contribution in [3.8, 4) is 0 Å². The Morgan fingerprint density at radius 1 is 1.10 bits per heavy atom. The van der Waals surface area contributed by atoms with Crippen LogP contribution in [0.25, 0.3) is 0 Å². The number of alkyl halides is 3. The summed E-state index contributed by atoms with van der Waals surface area (Å²) in [6.07, 6.45) is -2.15. The van der Waals surface area contributed by atoms with Crippen LogP contribution in [0.15, 0.2) is 30.6 Å². The Bertz CT molecular complexity index is 614. The minimum absolute atomic E-state index is 0.0298. The van der Waals surface area contributed by atoms with Crippen molar-refractivity contribution in [1.29, 1.82) is 0 Å². The maximum absolute atomic E-state index is 13.1. The highest BCUT2D eigenvalue weighted by Crippen LogP contribution is 2.33. The number of benzene rings is 1. The maximum atomic E-state index is 13.1. The molecule has 5 nitrogen and oxygen atoms in total. The molecule has 1 aromatic carbocycles. The summed E-state index contributed by atoms with van der Waals surface area (Å²) in [5, 5.41) is 2.58. The molecule has 0 aliphatic carbocycles. The summed E-state index contributed by atoms with van der Waals surface area (Å²) >= 11 is 0. The van der Waals surface area contributed by atoms with E-state index < -0.39 is 17.6 Å². The van der Waals surface area contributed by atoms with Gasteiger partial charge in [-0.05, 0) is 18.2 Å². The molecule has 1 heterocycles. The van der Waals surface area contributed by atoms with E-state index in [9.17, 15) is 17.6 Å². The van der Waals surface area contributed by atoms with Crippen LogP contribution in [0.5, 0.6) is 0 Å². The van der Waals surface area contributed by atoms with Gasteiger partial charge in [0.2, 0.25) is 0 Å². The van der Waals surface area contributed by atoms with Crippen LogP contribution >= 0.6 is 0 Å². The Morgan fingerprint density at radius 3 is 2.45 bits per heavy atom. The van der Waals surface area contributed by atoms with E-state index in [1.807, 2.05) is 0 Å². The van der Waals surface area contributed by atoms with Crippen molar-refractivity contribution in [3.63, 3.8) is 0 Å². The van der Waals surface area contributed by atoms with E-state index >= 15 is 0 Å². The van der Waals surface area contributed by atoms with Crippen molar-refractivity contribution in [3.05, 3.63) is 42.0 Å². The summed E-state index contributed by atoms with van der Waals surface area (Å²) in [5.74, 6) is 4.19. The molecule has 0 unspecified atom stereocenters. The van der Waals surface area contributed by atoms with Gasteiger partial charge in [-0.3, -0.25) is 4.98 Å². The number of rotatable bonds is 3. The zero-order valence-electron chi connectivity index (χ0n) is 9.87. The lowest BCUT2D eigenvalue weighted by Gasteiger charge is -2.11. The predicted molar refractivity (Wildman–Crippen MR) is 64.5 cm³/mol. The molecule has 2 rings (SSSR count). The first kappa shape index (κ1) is 14.0. The Labute approximate surface area is 110 Å². The summed E-state index contributed by atoms with van der Waals surface area (Å²) in [5.41, 5.74) is 0.916. The SMILES string of the molecule is NNc1cncc(Nc2ccc(F)c(C(F)(F)F)c2)n1. The maximum Gasteiger partial charge on any atom is 0.419 e. The first-order valence-corrected chi connectivity index (χ1v) is 5.32. The van der Waals surface area contributed by atoms with Crippen LogP contribution in [0, 0.1) is 5.82 Å². The zero-order valence-corrected chi connectivity index (χ0v) is 9.87. The van der Waals surface area contributed by atoms with Gasteiger partial charge in [-0.1, -0.05) is 0 Å². The molecule has 1 aromatic heterocycles. The second-order valence-corrected chi connectivity index (χ2v) is 3.75. The van der Waals surface area contributed by atoms with Gasteiger partial charge in [0, 0.05) is 5.69 Å². The molecule has 20 heavy (non-hydrogen) atoms. The highest BCUT2D eigenvalue weighted by atomic mass is 19.4. The summed E-state index contributed by atoms with van der Waals surface area (Å²) in [6.45, 7) is 0. The monoisotopic (exact) mass is 287 g/mol. The molecule has 0 atom stereocenters. The summed E-state index contributed by atoms with van der Waals surface area (Å²) in [7, 11) is 0. The molecule has 0 aliphatic heterocycles. The molecule has 2 aromatic rings. The lowest BCUT2D eigenvalue weighted by atomic mass is 10.2. The minimum Gasteiger partial charge on any atom is -0.339 e. The van der Waals surface area contributed by atoms with Crippen molar-refractivity contribution in [2.75, 3.05) is 10.7 Å². The molecule has 0 amide bonds. The first-order chi connectivity index (χ1) is 9.40. The molecule has 0 bridgehead atoms. The number of nitrogen functional groups attached to an aromatic ring is 1. The number of nitrogens with two attached hydrogens (primary N) is 1. The van der Waals surface area contributed by atoms with Crippen LogP contribution in [0.2, 0.25) is 0 Å². The van der Waals surface area contributed by atoms with Crippen LogP contribution in [0.4, 0.5) is 34.9 Å². The lowest BCUT2D eigenvalue weighted by molar-refractivity contribution is -0.139. The van der Waals surface area contributed by atoms with Crippen LogP contribution in [-0.4, -0.2) is 9.97 Å². The van der Waals surface area contributed by atoms with Gasteiger partial charge < -0.3 is 10.7 Å². The van der Waals surface area contributed by atoms with E-state index in [-0.39, 0.29) is 17.3 Å². The molecule has 0 saturated carbocycles. The quantitative estimate of drug-likeness (QED) is 0.459. The number of nitrogens with one attached hydrogen (secondary N) is 2. The molecular formula is C11H9F4N5. The smallest absolute Gasteiger partial charge is 0.339 e. The standard InChI is InChI=1S/C11H9F4N5/c12-8-2-1-6(3-7(8)11(13,14)15)18-9-4-17-5-10(19-9)20-16/h1-5H,16H2,(H2,18,19,20). The third-order valence-electron chi connectivity index (χ3n) is 2.33. The van der Waals surface area contributed by atoms with Gasteiger partial charge in [-0.15, -0.1) is 0 Å². The Hall–Kier alpha value is -2.42. The van der Waals surface area contributed by atoms with Crippen LogP contribution in [0.3, 0.4) is 0 Å². The summed E-state index contributed by atoms with van der Waals surface area (Å²) < 4.78 is 50.8. The van der Waals surface area contributed by atoms with Gasteiger partial charge in [0.25, 0.3) is 0 Å². The third-order valence-corrected chi connectivity index (χ3v) is 2.33. The fourth-order valence-corrected chi connectivity index (χ4v) is 1.46. The molecular weight excluding hydrogens is 278 g/mol. The van der Waals surface area contributed by atoms with E-state index in [0.29, 0.717) is 6.07 Å². The van der Waals surface area contributed by atoms with E-state index in [2.05, 4.69) is 20.7 Å². The fraction of sp³-hybridized carbons (Fsp3) is 0.0909. The molecule has 106 valence electrons. The molecule has 0 fully saturated rings. The van der Waals surface area contributed by atoms with Crippen molar-refractivity contribution in [2.24, 2.45) is 5.84 Å². The van der Waals surface area contributed by atoms with Crippen molar-refractivity contribution in [1.82, 2.24) is 9.97 Å². The van der Waals surface area contributed by atoms with E-state index in [1.54, 1.807) is 0 Å². The van der Waals surface area contributed by atoms with E-state index in [1.165, 1.54) is 12.4 Å². The zero-order chi connectivity index (χ0) is 14.8. The van der Waals surface area contributed by atoms with Crippen molar-refractivity contribution in [2.45, 2.75) is 6.18 Å². The average molecular weight is 287 g/mol. The normalized spacial score (nSPS) is 11.2. The minimum atomic E-state index is -4.77. The molecule has 0 aliphatic rings. The van der Waals surface area contributed by atoms with E-state index in [4.69, 9.17) is 5.84 Å². The fourth-order valence-electron chi connectivity index (χ4n) is 1.46. The Balaban J connectivity index is 2.30. The number of hydrazine groups is 1. The largest absolute Gasteiger partial charge is 0.419 e. The number of aromatic nitrogens is 2. The van der Waals surface area contributed by atoms with Gasteiger partial charge in [0.05, 0.1) is 18.0 Å². The summed E-state index contributed by atoms with van der Waals surface area (Å²) in [4.78, 5) is 7.69. The van der Waals surface area contributed by atoms with Gasteiger partial charge >= 0.3 is 6.18 Å². The van der Waals surface area contributed by atoms with Gasteiger partial charge in [-0.2, -0.15) is 13.2 Å². The van der Waals surface area contributed by atoms with Crippen molar-refractivity contribution >= 4 is 17.3 Å². The number of halogens is 4. The molecule has 0 saturated heterocycles. The molecule has 4 N–H and O–H groups in total. The van der Waals surface area contributed by atoms with Crippen LogP contribution in [-0.2, 0) is 6.18 Å². The van der Waals surface area contributed by atoms with Crippen LogP contribution < -0.4 is 16.6 Å². The highest BCUT2D eigenvalue weighted by molar-refractivity contribution is 5.58. The topological polar surface area (TPSA) is 75.9 Å². The molecule has 0 radical (unpaired) electrons. The number of hydrogen-bond acceptors (Lipinski definition) is 5. The molecule has 0 spiro atoms. The Morgan fingerprint density at radius 2 is 1.80 bits per heavy atom. The predicted octanol–water partition coefficient (Wildman–Crippen LogP) is 2.66. The third kappa shape index (κ3) is 3.12. The van der Waals surface area contributed by atoms with Crippen LogP contribution in [0.1, 0.15) is 5.56 Å². The number of nitrogens with zero attached hydrogens (tertiary/aromatic N) is 2. The summed E-state index contributed by atoms with van der Waals surface area (Å²) in [6, 6.07) is 2.54. The van der Waals surface area contributed by atoms with Crippen molar-refractivity contribution < 1.29 is 17.6 Å². The average Bonchev–Trinajstić information content (AvgIpc) is 2.40. The van der Waals surface area contributed by atoms with Gasteiger partial charge in [-0.25, -0.2) is 15.2 Å². The second-order valence-electron chi connectivity index (χ2n) is 3.75.